The fourth-order valence-corrected chi connectivity index (χ4v) is 3.14. The van der Waals surface area contributed by atoms with Gasteiger partial charge in [-0.05, 0) is 61.4 Å². The third-order valence-electron chi connectivity index (χ3n) is 4.82. The highest BCUT2D eigenvalue weighted by Gasteiger charge is 2.34. The second-order valence-corrected chi connectivity index (χ2v) is 6.64. The largest absolute Gasteiger partial charge is 0.334 e. The summed E-state index contributed by atoms with van der Waals surface area (Å²) in [7, 11) is 0. The maximum Gasteiger partial charge on any atom is 0.257 e. The van der Waals surface area contributed by atoms with Gasteiger partial charge in [-0.15, -0.1) is 0 Å². The maximum absolute atomic E-state index is 13.1. The highest BCUT2D eigenvalue weighted by Crippen LogP contribution is 2.31. The highest BCUT2D eigenvalue weighted by atomic mass is 19.1. The van der Waals surface area contributed by atoms with Crippen LogP contribution in [-0.2, 0) is 4.79 Å². The molecule has 0 aliphatic carbocycles. The van der Waals surface area contributed by atoms with E-state index >= 15 is 0 Å². The first-order valence-electron chi connectivity index (χ1n) is 8.48. The molecule has 0 bridgehead atoms. The lowest BCUT2D eigenvalue weighted by molar-refractivity contribution is -0.117. The van der Waals surface area contributed by atoms with Crippen LogP contribution >= 0.6 is 0 Å². The van der Waals surface area contributed by atoms with Crippen LogP contribution in [0.4, 0.5) is 10.1 Å². The molecule has 1 aromatic heterocycles. The van der Waals surface area contributed by atoms with Gasteiger partial charge >= 0.3 is 0 Å². The molecule has 0 radical (unpaired) electrons. The summed E-state index contributed by atoms with van der Waals surface area (Å²) in [5.74, 6) is 0.482. The predicted octanol–water partition coefficient (Wildman–Crippen LogP) is 4.01. The number of rotatable bonds is 3. The number of carbonyl (C=O) groups is 1. The fourth-order valence-electron chi connectivity index (χ4n) is 3.14. The number of aromatic nitrogens is 2. The van der Waals surface area contributed by atoms with Crippen LogP contribution in [0.5, 0.6) is 0 Å². The van der Waals surface area contributed by atoms with Gasteiger partial charge in [0.15, 0.2) is 5.82 Å². The molecule has 132 valence electrons. The Labute approximate surface area is 150 Å². The molecule has 1 amide bonds. The van der Waals surface area contributed by atoms with E-state index < -0.39 is 0 Å². The van der Waals surface area contributed by atoms with Crippen LogP contribution in [-0.4, -0.2) is 22.6 Å². The molecule has 26 heavy (non-hydrogen) atoms. The molecule has 2 heterocycles. The molecule has 1 saturated heterocycles. The average molecular weight is 351 g/mol. The van der Waals surface area contributed by atoms with Crippen LogP contribution in [0, 0.1) is 19.7 Å². The minimum atomic E-state index is -0.326. The molecule has 0 N–H and O–H groups in total. The number of anilines is 1. The standard InChI is InChI=1S/C20H18FN3O2/c1-12-3-4-14(9-13(12)2)20-22-19(23-26-20)15-10-18(25)24(11-15)17-7-5-16(21)6-8-17/h3-9,15H,10-11H2,1-2H3. The molecule has 1 atom stereocenters. The van der Waals surface area contributed by atoms with Gasteiger partial charge in [0.25, 0.3) is 5.89 Å². The first-order chi connectivity index (χ1) is 12.5. The van der Waals surface area contributed by atoms with E-state index in [0.29, 0.717) is 30.4 Å². The average Bonchev–Trinajstić information content (AvgIpc) is 3.25. The zero-order valence-corrected chi connectivity index (χ0v) is 14.6. The van der Waals surface area contributed by atoms with Gasteiger partial charge in [0.2, 0.25) is 5.91 Å². The Bertz CT molecular complexity index is 965. The first kappa shape index (κ1) is 16.4. The maximum atomic E-state index is 13.1. The lowest BCUT2D eigenvalue weighted by Crippen LogP contribution is -2.24. The van der Waals surface area contributed by atoms with Crippen LogP contribution in [0.25, 0.3) is 11.5 Å². The summed E-state index contributed by atoms with van der Waals surface area (Å²) in [5, 5.41) is 4.08. The molecule has 2 aromatic carbocycles. The van der Waals surface area contributed by atoms with E-state index in [9.17, 15) is 9.18 Å². The molecular weight excluding hydrogens is 333 g/mol. The van der Waals surface area contributed by atoms with E-state index in [0.717, 1.165) is 11.1 Å². The van der Waals surface area contributed by atoms with Gasteiger partial charge in [-0.1, -0.05) is 11.2 Å². The molecule has 3 aromatic rings. The molecule has 5 nitrogen and oxygen atoms in total. The number of hydrogen-bond donors (Lipinski definition) is 0. The van der Waals surface area contributed by atoms with Gasteiger partial charge in [-0.25, -0.2) is 4.39 Å². The normalized spacial score (nSPS) is 17.1. The van der Waals surface area contributed by atoms with E-state index in [4.69, 9.17) is 4.52 Å². The van der Waals surface area contributed by atoms with Crippen LogP contribution < -0.4 is 4.90 Å². The van der Waals surface area contributed by atoms with Crippen molar-refractivity contribution in [3.63, 3.8) is 0 Å². The van der Waals surface area contributed by atoms with E-state index in [2.05, 4.69) is 10.1 Å². The molecule has 6 heteroatoms. The van der Waals surface area contributed by atoms with Crippen molar-refractivity contribution in [1.82, 2.24) is 10.1 Å². The number of carbonyl (C=O) groups excluding carboxylic acids is 1. The lowest BCUT2D eigenvalue weighted by Gasteiger charge is -2.15. The van der Waals surface area contributed by atoms with E-state index in [1.54, 1.807) is 17.0 Å². The molecule has 1 aliphatic rings. The highest BCUT2D eigenvalue weighted by molar-refractivity contribution is 5.96. The second kappa shape index (κ2) is 6.37. The Balaban J connectivity index is 1.55. The third-order valence-corrected chi connectivity index (χ3v) is 4.82. The number of benzene rings is 2. The minimum absolute atomic E-state index is 0.0286. The van der Waals surface area contributed by atoms with Crippen molar-refractivity contribution in [2.45, 2.75) is 26.2 Å². The monoisotopic (exact) mass is 351 g/mol. The predicted molar refractivity (Wildman–Crippen MR) is 95.3 cm³/mol. The van der Waals surface area contributed by atoms with Gasteiger partial charge in [-0.3, -0.25) is 4.79 Å². The van der Waals surface area contributed by atoms with Crippen molar-refractivity contribution in [3.8, 4) is 11.5 Å². The first-order valence-corrected chi connectivity index (χ1v) is 8.48. The van der Waals surface area contributed by atoms with Gasteiger partial charge in [-0.2, -0.15) is 4.98 Å². The molecule has 4 rings (SSSR count). The molecule has 0 saturated carbocycles. The SMILES string of the molecule is Cc1ccc(-c2nc(C3CC(=O)N(c4ccc(F)cc4)C3)no2)cc1C. The molecule has 1 aliphatic heterocycles. The van der Waals surface area contributed by atoms with E-state index in [1.165, 1.54) is 17.7 Å². The molecule has 0 spiro atoms. The van der Waals surface area contributed by atoms with Gasteiger partial charge in [0.1, 0.15) is 5.82 Å². The second-order valence-electron chi connectivity index (χ2n) is 6.64. The Morgan fingerprint density at radius 3 is 2.62 bits per heavy atom. The Kier molecular flexibility index (Phi) is 4.03. The number of nitrogens with zero attached hydrogens (tertiary/aromatic N) is 3. The number of amides is 1. The van der Waals surface area contributed by atoms with Crippen molar-refractivity contribution >= 4 is 11.6 Å². The summed E-state index contributed by atoms with van der Waals surface area (Å²) in [5.41, 5.74) is 3.90. The molecule has 1 unspecified atom stereocenters. The Morgan fingerprint density at radius 2 is 1.88 bits per heavy atom. The van der Waals surface area contributed by atoms with Crippen LogP contribution in [0.1, 0.15) is 29.3 Å². The van der Waals surface area contributed by atoms with Crippen LogP contribution in [0.2, 0.25) is 0 Å². The van der Waals surface area contributed by atoms with Gasteiger partial charge in [0.05, 0.1) is 0 Å². The quantitative estimate of drug-likeness (QED) is 0.715. The zero-order valence-electron chi connectivity index (χ0n) is 14.6. The number of halogens is 1. The van der Waals surface area contributed by atoms with Crippen molar-refractivity contribution in [2.24, 2.45) is 0 Å². The number of hydrogen-bond acceptors (Lipinski definition) is 4. The fraction of sp³-hybridized carbons (Fsp3) is 0.250. The van der Waals surface area contributed by atoms with Crippen molar-refractivity contribution in [3.05, 3.63) is 65.2 Å². The Hall–Kier alpha value is -3.02. The third kappa shape index (κ3) is 2.98. The van der Waals surface area contributed by atoms with Gasteiger partial charge < -0.3 is 9.42 Å². The summed E-state index contributed by atoms with van der Waals surface area (Å²) in [6.07, 6.45) is 0.309. The summed E-state index contributed by atoms with van der Waals surface area (Å²) >= 11 is 0. The Morgan fingerprint density at radius 1 is 1.12 bits per heavy atom. The van der Waals surface area contributed by atoms with E-state index in [1.807, 2.05) is 32.0 Å². The van der Waals surface area contributed by atoms with Crippen LogP contribution in [0.3, 0.4) is 0 Å². The van der Waals surface area contributed by atoms with Crippen molar-refractivity contribution < 1.29 is 13.7 Å². The summed E-state index contributed by atoms with van der Waals surface area (Å²) in [4.78, 5) is 18.5. The summed E-state index contributed by atoms with van der Waals surface area (Å²) < 4.78 is 18.5. The molecule has 1 fully saturated rings. The number of aryl methyl sites for hydroxylation is 2. The van der Waals surface area contributed by atoms with Crippen LogP contribution in [0.15, 0.2) is 47.0 Å². The topological polar surface area (TPSA) is 59.2 Å². The minimum Gasteiger partial charge on any atom is -0.334 e. The summed E-state index contributed by atoms with van der Waals surface area (Å²) in [6.45, 7) is 4.54. The summed E-state index contributed by atoms with van der Waals surface area (Å²) in [6, 6.07) is 11.9. The van der Waals surface area contributed by atoms with Gasteiger partial charge in [0, 0.05) is 30.1 Å². The smallest absolute Gasteiger partial charge is 0.257 e. The van der Waals surface area contributed by atoms with Crippen molar-refractivity contribution in [1.29, 1.82) is 0 Å². The van der Waals surface area contributed by atoms with Crippen molar-refractivity contribution in [2.75, 3.05) is 11.4 Å². The lowest BCUT2D eigenvalue weighted by atomic mass is 10.1. The zero-order chi connectivity index (χ0) is 18.3. The molecular formula is C20H18FN3O2. The van der Waals surface area contributed by atoms with E-state index in [-0.39, 0.29) is 17.6 Å².